The van der Waals surface area contributed by atoms with Crippen LogP contribution in [-0.4, -0.2) is 31.2 Å². The highest BCUT2D eigenvalue weighted by molar-refractivity contribution is 7.91. The van der Waals surface area contributed by atoms with E-state index in [-0.39, 0.29) is 32.5 Å². The summed E-state index contributed by atoms with van der Waals surface area (Å²) >= 11 is -2.13. The van der Waals surface area contributed by atoms with Crippen LogP contribution < -0.4 is 4.74 Å². The first-order valence-corrected chi connectivity index (χ1v) is 10.6. The van der Waals surface area contributed by atoms with Gasteiger partial charge in [-0.2, -0.15) is 26.3 Å². The minimum atomic E-state index is -4.76. The van der Waals surface area contributed by atoms with Crippen molar-refractivity contribution in [2.24, 2.45) is 7.05 Å². The second-order valence-corrected chi connectivity index (χ2v) is 8.52. The fourth-order valence-corrected chi connectivity index (χ4v) is 4.37. The Labute approximate surface area is 191 Å². The highest BCUT2D eigenvalue weighted by atomic mass is 32.2. The Bertz CT molecular complexity index is 1350. The maximum absolute atomic E-state index is 13.4. The summed E-state index contributed by atoms with van der Waals surface area (Å²) in [6.45, 7) is 0. The SMILES string of the molecule is COc1ccc([S+]([O-])c2cc(C(F)(F)F)cnc2-c2nc3cc(C(F)(F)F)cnc3n2C)cc1. The van der Waals surface area contributed by atoms with Crippen molar-refractivity contribution in [2.75, 3.05) is 7.11 Å². The van der Waals surface area contributed by atoms with Crippen LogP contribution in [0.25, 0.3) is 22.7 Å². The monoisotopic (exact) mass is 500 g/mol. The molecule has 0 bridgehead atoms. The van der Waals surface area contributed by atoms with Gasteiger partial charge in [0, 0.05) is 36.7 Å². The Kier molecular flexibility index (Phi) is 5.94. The van der Waals surface area contributed by atoms with Crippen molar-refractivity contribution in [1.82, 2.24) is 19.5 Å². The Morgan fingerprint density at radius 3 is 2.09 bits per heavy atom. The van der Waals surface area contributed by atoms with E-state index >= 15 is 0 Å². The summed E-state index contributed by atoms with van der Waals surface area (Å²) in [5.41, 5.74) is -2.45. The largest absolute Gasteiger partial charge is 0.606 e. The topological polar surface area (TPSA) is 75.9 Å². The van der Waals surface area contributed by atoms with Crippen LogP contribution in [0.15, 0.2) is 58.6 Å². The number of aromatic nitrogens is 4. The molecule has 4 rings (SSSR count). The summed E-state index contributed by atoms with van der Waals surface area (Å²) in [5, 5.41) is 0. The van der Waals surface area contributed by atoms with Gasteiger partial charge in [-0.1, -0.05) is 0 Å². The zero-order chi connectivity index (χ0) is 24.8. The molecule has 3 aromatic heterocycles. The Balaban J connectivity index is 1.90. The molecule has 0 aliphatic heterocycles. The number of aryl methyl sites for hydroxylation is 1. The molecule has 1 atom stereocenters. The first-order valence-electron chi connectivity index (χ1n) is 9.43. The van der Waals surface area contributed by atoms with Crippen LogP contribution in [0.5, 0.6) is 5.75 Å². The molecule has 0 aliphatic rings. The average molecular weight is 500 g/mol. The van der Waals surface area contributed by atoms with E-state index in [1.165, 1.54) is 43.0 Å². The minimum absolute atomic E-state index is 0.0471. The molecule has 0 amide bonds. The van der Waals surface area contributed by atoms with Gasteiger partial charge in [0.05, 0.1) is 18.2 Å². The third-order valence-electron chi connectivity index (χ3n) is 4.90. The fourth-order valence-electron chi connectivity index (χ4n) is 3.18. The number of methoxy groups -OCH3 is 1. The number of imidazole rings is 1. The van der Waals surface area contributed by atoms with Gasteiger partial charge in [0.1, 0.15) is 11.3 Å². The molecule has 13 heteroatoms. The summed E-state index contributed by atoms with van der Waals surface area (Å²) < 4.78 is 98.9. The lowest BCUT2D eigenvalue weighted by Gasteiger charge is -2.15. The number of nitrogens with zero attached hydrogens (tertiary/aromatic N) is 4. The zero-order valence-electron chi connectivity index (χ0n) is 17.4. The quantitative estimate of drug-likeness (QED) is 0.283. The predicted octanol–water partition coefficient (Wildman–Crippen LogP) is 5.24. The Morgan fingerprint density at radius 1 is 0.912 bits per heavy atom. The molecule has 0 aliphatic carbocycles. The van der Waals surface area contributed by atoms with E-state index in [0.29, 0.717) is 24.2 Å². The molecular weight excluding hydrogens is 486 g/mol. The van der Waals surface area contributed by atoms with Gasteiger partial charge >= 0.3 is 12.4 Å². The lowest BCUT2D eigenvalue weighted by atomic mass is 10.2. The van der Waals surface area contributed by atoms with Crippen LogP contribution in [0, 0.1) is 0 Å². The standard InChI is InChI=1S/C21H14F6N4O2S/c1-31-18-15(7-11(10-29-18)20(22,23)24)30-19(31)17-16(8-12(9-28-17)21(25,26)27)34(32)14-5-3-13(33-2)4-6-14/h3-10H,1-2H3. The number of fused-ring (bicyclic) bond motifs is 1. The van der Waals surface area contributed by atoms with Gasteiger partial charge in [-0.25, -0.2) is 15.0 Å². The highest BCUT2D eigenvalue weighted by Crippen LogP contribution is 2.37. The minimum Gasteiger partial charge on any atom is -0.606 e. The second-order valence-electron chi connectivity index (χ2n) is 7.07. The highest BCUT2D eigenvalue weighted by Gasteiger charge is 2.36. The van der Waals surface area contributed by atoms with E-state index in [1.807, 2.05) is 0 Å². The zero-order valence-corrected chi connectivity index (χ0v) is 18.2. The summed E-state index contributed by atoms with van der Waals surface area (Å²) in [5.74, 6) is 0.359. The molecule has 0 N–H and O–H groups in total. The van der Waals surface area contributed by atoms with E-state index in [2.05, 4.69) is 15.0 Å². The molecule has 1 aromatic carbocycles. The number of rotatable bonds is 4. The molecule has 6 nitrogen and oxygen atoms in total. The van der Waals surface area contributed by atoms with E-state index in [9.17, 15) is 30.9 Å². The lowest BCUT2D eigenvalue weighted by molar-refractivity contribution is -0.138. The maximum Gasteiger partial charge on any atom is 0.418 e. The maximum atomic E-state index is 13.4. The third kappa shape index (κ3) is 4.40. The molecule has 178 valence electrons. The van der Waals surface area contributed by atoms with Crippen molar-refractivity contribution < 1.29 is 35.6 Å². The van der Waals surface area contributed by atoms with Crippen LogP contribution >= 0.6 is 0 Å². The summed E-state index contributed by atoms with van der Waals surface area (Å²) in [4.78, 5) is 11.6. The van der Waals surface area contributed by atoms with E-state index in [1.54, 1.807) is 0 Å². The molecular formula is C21H14F6N4O2S. The first-order chi connectivity index (χ1) is 15.9. The predicted molar refractivity (Wildman–Crippen MR) is 109 cm³/mol. The average Bonchev–Trinajstić information content (AvgIpc) is 3.12. The van der Waals surface area contributed by atoms with Gasteiger partial charge in [-0.15, -0.1) is 0 Å². The van der Waals surface area contributed by atoms with Crippen LogP contribution in [0.3, 0.4) is 0 Å². The van der Waals surface area contributed by atoms with E-state index in [0.717, 1.165) is 6.07 Å². The molecule has 34 heavy (non-hydrogen) atoms. The van der Waals surface area contributed by atoms with Crippen molar-refractivity contribution in [1.29, 1.82) is 0 Å². The normalized spacial score (nSPS) is 13.3. The molecule has 0 fully saturated rings. The van der Waals surface area contributed by atoms with Gasteiger partial charge in [0.15, 0.2) is 27.0 Å². The summed E-state index contributed by atoms with van der Waals surface area (Å²) in [6, 6.07) is 7.29. The van der Waals surface area contributed by atoms with Crippen molar-refractivity contribution in [3.8, 4) is 17.3 Å². The molecule has 0 spiro atoms. The van der Waals surface area contributed by atoms with Gasteiger partial charge in [-0.3, -0.25) is 0 Å². The van der Waals surface area contributed by atoms with E-state index in [4.69, 9.17) is 4.74 Å². The van der Waals surface area contributed by atoms with Gasteiger partial charge in [0.25, 0.3) is 0 Å². The summed E-state index contributed by atoms with van der Waals surface area (Å²) in [6.07, 6.45) is -8.24. The molecule has 4 aromatic rings. The number of ether oxygens (including phenoxy) is 1. The summed E-state index contributed by atoms with van der Waals surface area (Å²) in [7, 11) is 2.84. The number of halogens is 6. The van der Waals surface area contributed by atoms with Crippen LogP contribution in [0.1, 0.15) is 11.1 Å². The Morgan fingerprint density at radius 2 is 1.50 bits per heavy atom. The second kappa shape index (κ2) is 8.47. The van der Waals surface area contributed by atoms with Crippen molar-refractivity contribution in [3.05, 3.63) is 59.9 Å². The molecule has 0 saturated heterocycles. The lowest BCUT2D eigenvalue weighted by Crippen LogP contribution is -2.12. The van der Waals surface area contributed by atoms with Crippen LogP contribution in [0.4, 0.5) is 26.3 Å². The van der Waals surface area contributed by atoms with Gasteiger partial charge < -0.3 is 13.9 Å². The van der Waals surface area contributed by atoms with E-state index < -0.39 is 34.7 Å². The van der Waals surface area contributed by atoms with Crippen molar-refractivity contribution >= 4 is 22.3 Å². The fraction of sp³-hybridized carbons (Fsp3) is 0.190. The van der Waals surface area contributed by atoms with Gasteiger partial charge in [0.2, 0.25) is 0 Å². The molecule has 0 radical (unpaired) electrons. The molecule has 0 saturated carbocycles. The first kappa shape index (κ1) is 23.8. The smallest absolute Gasteiger partial charge is 0.418 e. The number of hydrogen-bond acceptors (Lipinski definition) is 5. The molecule has 1 unspecified atom stereocenters. The number of pyridine rings is 2. The molecule has 3 heterocycles. The number of hydrogen-bond donors (Lipinski definition) is 0. The van der Waals surface area contributed by atoms with Gasteiger partial charge in [-0.05, 0) is 30.3 Å². The van der Waals surface area contributed by atoms with Crippen LogP contribution in [0.2, 0.25) is 0 Å². The van der Waals surface area contributed by atoms with Crippen molar-refractivity contribution in [3.63, 3.8) is 0 Å². The van der Waals surface area contributed by atoms with Crippen molar-refractivity contribution in [2.45, 2.75) is 22.1 Å². The van der Waals surface area contributed by atoms with Crippen LogP contribution in [-0.2, 0) is 30.6 Å². The third-order valence-corrected chi connectivity index (χ3v) is 6.31. The number of benzene rings is 1. The number of alkyl halides is 6. The Hall–Kier alpha value is -3.32.